The minimum atomic E-state index is -4.26. The highest BCUT2D eigenvalue weighted by Crippen LogP contribution is 2.33. The topological polar surface area (TPSA) is 110 Å². The van der Waals surface area contributed by atoms with Gasteiger partial charge < -0.3 is 9.88 Å². The van der Waals surface area contributed by atoms with Crippen LogP contribution in [-0.4, -0.2) is 101 Å². The lowest BCUT2D eigenvalue weighted by Crippen LogP contribution is -2.51. The molecule has 2 fully saturated rings. The first-order valence-corrected chi connectivity index (χ1v) is 18.5. The Morgan fingerprint density at radius 2 is 1.81 bits per heavy atom. The average Bonchev–Trinajstić information content (AvgIpc) is 3.59. The van der Waals surface area contributed by atoms with Gasteiger partial charge in [-0.3, -0.25) is 9.80 Å². The summed E-state index contributed by atoms with van der Waals surface area (Å²) in [5.74, 6) is 0.586. The van der Waals surface area contributed by atoms with Crippen LogP contribution < -0.4 is 5.32 Å². The maximum absolute atomic E-state index is 12.9. The van der Waals surface area contributed by atoms with E-state index in [-0.39, 0.29) is 17.0 Å². The van der Waals surface area contributed by atoms with Gasteiger partial charge in [-0.2, -0.15) is 22.7 Å². The van der Waals surface area contributed by atoms with Gasteiger partial charge in [0.2, 0.25) is 10.0 Å². The smallest absolute Gasteiger partial charge is 0.367 e. The van der Waals surface area contributed by atoms with Gasteiger partial charge in [-0.15, -0.1) is 11.3 Å². The summed E-state index contributed by atoms with van der Waals surface area (Å²) in [5, 5.41) is 15.2. The van der Waals surface area contributed by atoms with Crippen molar-refractivity contribution in [2.45, 2.75) is 64.5 Å². The number of piperazine rings is 1. The molecule has 6 rings (SSSR count). The fourth-order valence-corrected chi connectivity index (χ4v) is 8.67. The molecule has 0 aliphatic carbocycles. The summed E-state index contributed by atoms with van der Waals surface area (Å²) < 4.78 is 66.3. The van der Waals surface area contributed by atoms with Crippen molar-refractivity contribution in [2.24, 2.45) is 0 Å². The number of halogens is 3. The quantitative estimate of drug-likeness (QED) is 0.263. The molecule has 0 saturated carbocycles. The molecule has 1 N–H and O–H groups in total. The number of anilines is 1. The molecule has 47 heavy (non-hydrogen) atoms. The predicted octanol–water partition coefficient (Wildman–Crippen LogP) is 4.97. The van der Waals surface area contributed by atoms with Gasteiger partial charge in [-0.05, 0) is 56.0 Å². The summed E-state index contributed by atoms with van der Waals surface area (Å²) in [4.78, 5) is 14.0. The molecule has 3 aromatic heterocycles. The zero-order chi connectivity index (χ0) is 33.5. The van der Waals surface area contributed by atoms with Gasteiger partial charge in [0.05, 0.1) is 18.1 Å². The highest BCUT2D eigenvalue weighted by atomic mass is 32.2. The number of alkyl halides is 3. The van der Waals surface area contributed by atoms with Gasteiger partial charge >= 0.3 is 6.18 Å². The lowest BCUT2D eigenvalue weighted by atomic mass is 10.0. The first-order valence-electron chi connectivity index (χ1n) is 15.8. The Morgan fingerprint density at radius 1 is 1.09 bits per heavy atom. The molecule has 0 amide bonds. The maximum Gasteiger partial charge on any atom is 0.393 e. The average molecular weight is 689 g/mol. The second-order valence-corrected chi connectivity index (χ2v) is 15.8. The third-order valence-electron chi connectivity index (χ3n) is 9.47. The van der Waals surface area contributed by atoms with Crippen molar-refractivity contribution in [3.05, 3.63) is 52.3 Å². The monoisotopic (exact) mass is 688 g/mol. The van der Waals surface area contributed by atoms with Crippen molar-refractivity contribution in [1.82, 2.24) is 28.6 Å². The molecule has 252 valence electrons. The van der Waals surface area contributed by atoms with E-state index >= 15 is 0 Å². The first-order chi connectivity index (χ1) is 22.3. The van der Waals surface area contributed by atoms with E-state index < -0.39 is 22.6 Å². The van der Waals surface area contributed by atoms with Crippen LogP contribution in [-0.2, 0) is 29.5 Å². The molecular weight excluding hydrogens is 650 g/mol. The summed E-state index contributed by atoms with van der Waals surface area (Å²) in [5.41, 5.74) is 4.01. The van der Waals surface area contributed by atoms with Gasteiger partial charge in [0.15, 0.2) is 0 Å². The number of thiophene rings is 1. The van der Waals surface area contributed by atoms with Crippen LogP contribution in [0.25, 0.3) is 21.1 Å². The van der Waals surface area contributed by atoms with Gasteiger partial charge in [-0.1, -0.05) is 6.07 Å². The molecule has 15 heteroatoms. The van der Waals surface area contributed by atoms with Crippen molar-refractivity contribution in [2.75, 3.05) is 50.8 Å². The number of rotatable bonds is 9. The van der Waals surface area contributed by atoms with E-state index in [0.717, 1.165) is 60.3 Å². The number of nitrogens with zero attached hydrogens (tertiary/aromatic N) is 7. The minimum Gasteiger partial charge on any atom is -0.367 e. The first kappa shape index (κ1) is 33.6. The Balaban J connectivity index is 1.08. The third kappa shape index (κ3) is 7.57. The number of aromatic nitrogens is 3. The molecule has 2 aliphatic rings. The molecule has 5 heterocycles. The molecule has 0 bridgehead atoms. The number of nitrogens with one attached hydrogen (secondary N) is 1. The van der Waals surface area contributed by atoms with E-state index in [1.807, 2.05) is 6.07 Å². The zero-order valence-corrected chi connectivity index (χ0v) is 28.4. The van der Waals surface area contributed by atoms with Crippen molar-refractivity contribution < 1.29 is 21.6 Å². The highest BCUT2D eigenvalue weighted by Gasteiger charge is 2.30. The van der Waals surface area contributed by atoms with Crippen molar-refractivity contribution in [3.8, 4) is 6.07 Å². The van der Waals surface area contributed by atoms with Crippen molar-refractivity contribution >= 4 is 48.3 Å². The van der Waals surface area contributed by atoms with Gasteiger partial charge in [-0.25, -0.2) is 18.4 Å². The second kappa shape index (κ2) is 13.3. The fourth-order valence-electron chi connectivity index (χ4n) is 6.81. The molecule has 0 spiro atoms. The number of benzene rings is 1. The van der Waals surface area contributed by atoms with Gasteiger partial charge in [0, 0.05) is 80.2 Å². The number of sulfonamides is 1. The molecule has 10 nitrogen and oxygen atoms in total. The van der Waals surface area contributed by atoms with Crippen LogP contribution in [0.1, 0.15) is 41.5 Å². The van der Waals surface area contributed by atoms with Gasteiger partial charge in [0.1, 0.15) is 28.7 Å². The van der Waals surface area contributed by atoms with Crippen LogP contribution in [0.5, 0.6) is 0 Å². The predicted molar refractivity (Wildman–Crippen MR) is 178 cm³/mol. The Hall–Kier alpha value is -3.29. The zero-order valence-electron chi connectivity index (χ0n) is 26.7. The second-order valence-electron chi connectivity index (χ2n) is 12.7. The maximum atomic E-state index is 12.9. The number of aryl methyl sites for hydroxylation is 1. The standard InChI is InChI=1S/C32H39F3N8O2S2/c1-21(41-10-12-42(13-11-41)47(3,44)45)18-43-25(17-36)14-27-22(2)23(4-5-29(27)43)19-40-8-6-24(7-9-40)39-30-28-15-26(16-32(33,34)35)46-31(28)38-20-37-30/h4-5,14-15,20-21,24H,6-13,16,18-19H2,1-3H3,(H,37,38,39). The third-order valence-corrected chi connectivity index (χ3v) is 11.8. The van der Waals surface area contributed by atoms with Crippen LogP contribution in [0, 0.1) is 18.3 Å². The van der Waals surface area contributed by atoms with Crippen molar-refractivity contribution in [3.63, 3.8) is 0 Å². The van der Waals surface area contributed by atoms with E-state index in [1.165, 1.54) is 22.5 Å². The fraction of sp³-hybridized carbons (Fsp3) is 0.531. The largest absolute Gasteiger partial charge is 0.393 e. The Morgan fingerprint density at radius 3 is 2.47 bits per heavy atom. The number of fused-ring (bicyclic) bond motifs is 2. The molecular formula is C32H39F3N8O2S2. The summed E-state index contributed by atoms with van der Waals surface area (Å²) in [6, 6.07) is 10.5. The molecule has 1 atom stereocenters. The number of hydrogen-bond donors (Lipinski definition) is 1. The minimum absolute atomic E-state index is 0.134. The van der Waals surface area contributed by atoms with E-state index in [9.17, 15) is 26.9 Å². The van der Waals surface area contributed by atoms with E-state index in [2.05, 4.69) is 61.7 Å². The van der Waals surface area contributed by atoms with Crippen LogP contribution in [0.15, 0.2) is 30.6 Å². The molecule has 0 radical (unpaired) electrons. The summed E-state index contributed by atoms with van der Waals surface area (Å²) >= 11 is 1.06. The summed E-state index contributed by atoms with van der Waals surface area (Å²) in [7, 11) is -3.19. The summed E-state index contributed by atoms with van der Waals surface area (Å²) in [6.07, 6.45) is -0.833. The summed E-state index contributed by atoms with van der Waals surface area (Å²) in [6.45, 7) is 9.65. The number of piperidine rings is 1. The lowest BCUT2D eigenvalue weighted by molar-refractivity contribution is -0.126. The normalized spacial score (nSPS) is 18.6. The Labute approximate surface area is 276 Å². The van der Waals surface area contributed by atoms with E-state index in [0.29, 0.717) is 54.5 Å². The SMILES string of the molecule is Cc1c(CN2CCC(Nc3ncnc4sc(CC(F)(F)F)cc34)CC2)ccc2c1cc(C#N)n2CC(C)N1CCN(S(C)(=O)=O)CC1. The Bertz CT molecular complexity index is 1900. The lowest BCUT2D eigenvalue weighted by Gasteiger charge is -2.37. The molecule has 1 aromatic carbocycles. The molecule has 4 aromatic rings. The van der Waals surface area contributed by atoms with Crippen LogP contribution in [0.2, 0.25) is 0 Å². The van der Waals surface area contributed by atoms with Crippen molar-refractivity contribution in [1.29, 1.82) is 5.26 Å². The van der Waals surface area contributed by atoms with Crippen LogP contribution in [0.3, 0.4) is 0 Å². The van der Waals surface area contributed by atoms with Gasteiger partial charge in [0.25, 0.3) is 0 Å². The number of nitriles is 1. The number of hydrogen-bond acceptors (Lipinski definition) is 9. The van der Waals surface area contributed by atoms with E-state index in [1.54, 1.807) is 6.07 Å². The Kier molecular flexibility index (Phi) is 9.52. The van der Waals surface area contributed by atoms with Crippen LogP contribution >= 0.6 is 11.3 Å². The highest BCUT2D eigenvalue weighted by molar-refractivity contribution is 7.88. The molecule has 1 unspecified atom stereocenters. The number of likely N-dealkylation sites (tertiary alicyclic amines) is 1. The molecule has 2 aliphatic heterocycles. The van der Waals surface area contributed by atoms with Crippen LogP contribution in [0.4, 0.5) is 19.0 Å². The molecule has 2 saturated heterocycles. The van der Waals surface area contributed by atoms with E-state index in [4.69, 9.17) is 0 Å².